The Morgan fingerprint density at radius 1 is 1.30 bits per heavy atom. The van der Waals surface area contributed by atoms with Crippen LogP contribution in [0.5, 0.6) is 0 Å². The number of hydrogen-bond acceptors (Lipinski definition) is 7. The van der Waals surface area contributed by atoms with Crippen molar-refractivity contribution in [1.82, 2.24) is 20.6 Å². The van der Waals surface area contributed by atoms with Crippen LogP contribution in [0.4, 0.5) is 0 Å². The van der Waals surface area contributed by atoms with Crippen molar-refractivity contribution >= 4 is 17.4 Å². The van der Waals surface area contributed by atoms with Crippen LogP contribution >= 0.6 is 0 Å². The summed E-state index contributed by atoms with van der Waals surface area (Å²) >= 11 is 0. The fraction of sp³-hybridized carbons (Fsp3) is 0.542. The summed E-state index contributed by atoms with van der Waals surface area (Å²) in [6, 6.07) is 7.11. The highest BCUT2D eigenvalue weighted by molar-refractivity contribution is 5.90. The molecule has 4 N–H and O–H groups in total. The fourth-order valence-corrected chi connectivity index (χ4v) is 5.30. The number of rotatable bonds is 4. The normalized spacial score (nSPS) is 28.2. The Morgan fingerprint density at radius 2 is 2.12 bits per heavy atom. The van der Waals surface area contributed by atoms with E-state index in [1.165, 1.54) is 0 Å². The van der Waals surface area contributed by atoms with Crippen molar-refractivity contribution in [3.8, 4) is 6.07 Å². The first-order valence-corrected chi connectivity index (χ1v) is 11.5. The molecule has 1 aromatic rings. The number of hydrogen-bond donors (Lipinski definition) is 4. The molecule has 3 aliphatic heterocycles. The van der Waals surface area contributed by atoms with E-state index in [1.54, 1.807) is 16.4 Å². The Morgan fingerprint density at radius 3 is 2.73 bits per heavy atom. The average Bonchev–Trinajstić information content (AvgIpc) is 3.29. The number of β-amino-alcohol motifs (C(OH)–C–C–N with tert-alkyl or cyclic N) is 1. The third kappa shape index (κ3) is 4.94. The van der Waals surface area contributed by atoms with E-state index in [0.717, 1.165) is 23.2 Å². The molecule has 0 unspecified atom stereocenters. The Hall–Kier alpha value is -2.77. The van der Waals surface area contributed by atoms with E-state index < -0.39 is 17.9 Å². The molecule has 2 fully saturated rings. The molecule has 0 radical (unpaired) electrons. The second-order valence-corrected chi connectivity index (χ2v) is 9.20. The third-order valence-corrected chi connectivity index (χ3v) is 7.15. The summed E-state index contributed by atoms with van der Waals surface area (Å²) in [4.78, 5) is 29.7. The zero-order valence-electron chi connectivity index (χ0n) is 18.8. The third-order valence-electron chi connectivity index (χ3n) is 7.15. The quantitative estimate of drug-likeness (QED) is 0.384. The van der Waals surface area contributed by atoms with Gasteiger partial charge >= 0.3 is 0 Å². The Bertz CT molecular complexity index is 988. The van der Waals surface area contributed by atoms with Crippen LogP contribution in [-0.4, -0.2) is 82.8 Å². The van der Waals surface area contributed by atoms with Crippen molar-refractivity contribution in [2.75, 3.05) is 32.7 Å². The van der Waals surface area contributed by atoms with Crippen LogP contribution in [0.3, 0.4) is 0 Å². The highest BCUT2D eigenvalue weighted by Crippen LogP contribution is 2.29. The van der Waals surface area contributed by atoms with Crippen LogP contribution in [-0.2, 0) is 9.59 Å². The summed E-state index contributed by atoms with van der Waals surface area (Å²) in [6.45, 7) is 4.84. The van der Waals surface area contributed by atoms with E-state index in [-0.39, 0.29) is 18.1 Å². The van der Waals surface area contributed by atoms with Crippen molar-refractivity contribution in [3.63, 3.8) is 0 Å². The Balaban J connectivity index is 1.44. The summed E-state index contributed by atoms with van der Waals surface area (Å²) in [5.41, 5.74) is 5.63. The first-order valence-electron chi connectivity index (χ1n) is 11.5. The molecule has 3 heterocycles. The van der Waals surface area contributed by atoms with E-state index in [0.29, 0.717) is 51.0 Å². The highest BCUT2D eigenvalue weighted by Gasteiger charge is 2.43. The van der Waals surface area contributed by atoms with Gasteiger partial charge < -0.3 is 15.3 Å². The van der Waals surface area contributed by atoms with Crippen LogP contribution in [0.1, 0.15) is 36.0 Å². The number of aliphatic hydroxyl groups excluding tert-OH is 1. The summed E-state index contributed by atoms with van der Waals surface area (Å²) in [7, 11) is 0. The maximum Gasteiger partial charge on any atom is 0.248 e. The molecule has 2 amide bonds. The first kappa shape index (κ1) is 23.4. The molecular formula is C24H31N5O4. The minimum Gasteiger partial charge on any atom is -0.392 e. The number of nitriles is 1. The number of aryl methyl sites for hydroxylation is 1. The maximum absolute atomic E-state index is 13.3. The molecule has 176 valence electrons. The van der Waals surface area contributed by atoms with Crippen LogP contribution in [0.15, 0.2) is 24.3 Å². The number of likely N-dealkylation sites (tertiary alicyclic amines) is 1. The zero-order valence-corrected chi connectivity index (χ0v) is 18.8. The zero-order chi connectivity index (χ0) is 23.5. The monoisotopic (exact) mass is 453 g/mol. The molecule has 0 saturated carbocycles. The van der Waals surface area contributed by atoms with Crippen molar-refractivity contribution in [2.45, 2.75) is 44.4 Å². The lowest BCUT2D eigenvalue weighted by molar-refractivity contribution is -0.144. The molecule has 4 atom stereocenters. The number of nitrogens with zero attached hydrogens (tertiary/aromatic N) is 3. The minimum absolute atomic E-state index is 0.0284. The largest absolute Gasteiger partial charge is 0.392 e. The van der Waals surface area contributed by atoms with Crippen molar-refractivity contribution in [3.05, 3.63) is 41.0 Å². The molecule has 0 spiro atoms. The topological polar surface area (TPSA) is 129 Å². The summed E-state index contributed by atoms with van der Waals surface area (Å²) in [6.07, 6.45) is 3.52. The molecule has 4 rings (SSSR count). The van der Waals surface area contributed by atoms with Crippen LogP contribution in [0.2, 0.25) is 0 Å². The molecule has 33 heavy (non-hydrogen) atoms. The summed E-state index contributed by atoms with van der Waals surface area (Å²) < 4.78 is 0. The van der Waals surface area contributed by atoms with Gasteiger partial charge in [-0.1, -0.05) is 12.1 Å². The first-order chi connectivity index (χ1) is 15.9. The molecule has 0 aromatic heterocycles. The number of carbonyl (C=O) groups excluding carboxylic acids is 2. The second-order valence-electron chi connectivity index (χ2n) is 9.20. The molecule has 9 nitrogen and oxygen atoms in total. The molecule has 2 saturated heterocycles. The molecule has 9 heteroatoms. The molecule has 1 aromatic carbocycles. The predicted molar refractivity (Wildman–Crippen MR) is 121 cm³/mol. The minimum atomic E-state index is -0.701. The summed E-state index contributed by atoms with van der Waals surface area (Å²) in [5, 5.41) is 31.5. The van der Waals surface area contributed by atoms with E-state index in [2.05, 4.69) is 16.3 Å². The SMILES string of the molecule is Cc1cc(C#N)ccc1C1=CCN(C(=O)[C@@H]2NC[C@H](N3CC[C@@H](O)C3)C[C@H]2C(=O)NO)CC1. The predicted octanol–water partition coefficient (Wildman–Crippen LogP) is 0.401. The van der Waals surface area contributed by atoms with Gasteiger partial charge in [0.2, 0.25) is 11.8 Å². The fourth-order valence-electron chi connectivity index (χ4n) is 5.30. The second kappa shape index (κ2) is 10.0. The smallest absolute Gasteiger partial charge is 0.248 e. The van der Waals surface area contributed by atoms with E-state index in [4.69, 9.17) is 5.26 Å². The number of piperidine rings is 1. The molecule has 0 bridgehead atoms. The van der Waals surface area contributed by atoms with Gasteiger partial charge in [0.25, 0.3) is 0 Å². The lowest BCUT2D eigenvalue weighted by atomic mass is 9.85. The van der Waals surface area contributed by atoms with Crippen molar-refractivity contribution < 1.29 is 19.9 Å². The van der Waals surface area contributed by atoms with Gasteiger partial charge in [0.15, 0.2) is 0 Å². The van der Waals surface area contributed by atoms with Gasteiger partial charge in [0, 0.05) is 38.8 Å². The van der Waals surface area contributed by atoms with Crippen LogP contribution in [0.25, 0.3) is 5.57 Å². The number of nitrogens with one attached hydrogen (secondary N) is 2. The average molecular weight is 454 g/mol. The van der Waals surface area contributed by atoms with E-state index in [1.807, 2.05) is 25.1 Å². The van der Waals surface area contributed by atoms with Gasteiger partial charge in [-0.2, -0.15) is 5.26 Å². The summed E-state index contributed by atoms with van der Waals surface area (Å²) in [5.74, 6) is -1.40. The number of amides is 2. The standard InChI is InChI=1S/C24H31N5O4/c1-15-10-16(12-25)2-3-20(15)17-4-7-28(8-5-17)24(32)22-21(23(31)27-33)11-18(13-26-22)29-9-6-19(30)14-29/h2-4,10,18-19,21-22,26,30,33H,5-9,11,13-14H2,1H3,(H,27,31)/t18-,19-,21-,22-/m1/s1. The van der Waals surface area contributed by atoms with E-state index in [9.17, 15) is 19.9 Å². The molecule has 3 aliphatic rings. The molecular weight excluding hydrogens is 422 g/mol. The van der Waals surface area contributed by atoms with Gasteiger partial charge in [0.05, 0.1) is 29.7 Å². The van der Waals surface area contributed by atoms with Gasteiger partial charge in [0.1, 0.15) is 0 Å². The number of hydroxylamine groups is 1. The van der Waals surface area contributed by atoms with Gasteiger partial charge in [-0.3, -0.25) is 19.7 Å². The van der Waals surface area contributed by atoms with Crippen LogP contribution < -0.4 is 10.8 Å². The maximum atomic E-state index is 13.3. The van der Waals surface area contributed by atoms with E-state index >= 15 is 0 Å². The number of carbonyl (C=O) groups is 2. The lowest BCUT2D eigenvalue weighted by Gasteiger charge is -2.41. The lowest BCUT2D eigenvalue weighted by Crippen LogP contribution is -2.62. The van der Waals surface area contributed by atoms with Crippen LogP contribution in [0, 0.1) is 24.2 Å². The van der Waals surface area contributed by atoms with Crippen molar-refractivity contribution in [2.24, 2.45) is 5.92 Å². The number of benzene rings is 1. The van der Waals surface area contributed by atoms with Gasteiger partial charge in [-0.25, -0.2) is 5.48 Å². The van der Waals surface area contributed by atoms with Gasteiger partial charge in [-0.05, 0) is 55.0 Å². The Labute approximate surface area is 193 Å². The highest BCUT2D eigenvalue weighted by atomic mass is 16.5. The van der Waals surface area contributed by atoms with Gasteiger partial charge in [-0.15, -0.1) is 0 Å². The number of aliphatic hydroxyl groups is 1. The molecule has 0 aliphatic carbocycles. The van der Waals surface area contributed by atoms with Crippen molar-refractivity contribution in [1.29, 1.82) is 5.26 Å². The Kier molecular flexibility index (Phi) is 7.10.